The fourth-order valence-electron chi connectivity index (χ4n) is 2.42. The molecule has 3 rings (SSSR count). The summed E-state index contributed by atoms with van der Waals surface area (Å²) >= 11 is 6.02. The van der Waals surface area contributed by atoms with Crippen molar-refractivity contribution < 1.29 is 4.39 Å². The van der Waals surface area contributed by atoms with Crippen LogP contribution in [0.15, 0.2) is 36.5 Å². The van der Waals surface area contributed by atoms with Crippen molar-refractivity contribution in [1.29, 1.82) is 0 Å². The minimum Gasteiger partial charge on any atom is -0.376 e. The molecule has 1 N–H and O–H groups in total. The highest BCUT2D eigenvalue weighted by Gasteiger charge is 2.23. The van der Waals surface area contributed by atoms with Gasteiger partial charge in [-0.2, -0.15) is 0 Å². The van der Waals surface area contributed by atoms with Crippen molar-refractivity contribution in [1.82, 2.24) is 4.98 Å². The number of aromatic nitrogens is 1. The lowest BCUT2D eigenvalue weighted by atomic mass is 10.1. The molecule has 0 amide bonds. The zero-order valence-corrected chi connectivity index (χ0v) is 10.4. The molecule has 92 valence electrons. The van der Waals surface area contributed by atoms with Gasteiger partial charge in [0.2, 0.25) is 0 Å². The molecule has 0 bridgehead atoms. The summed E-state index contributed by atoms with van der Waals surface area (Å²) < 4.78 is 13.1. The zero-order chi connectivity index (χ0) is 12.5. The predicted octanol–water partition coefficient (Wildman–Crippen LogP) is 3.97. The summed E-state index contributed by atoms with van der Waals surface area (Å²) in [6.45, 7) is 0. The molecule has 1 unspecified atom stereocenters. The van der Waals surface area contributed by atoms with Gasteiger partial charge in [-0.25, -0.2) is 9.37 Å². The quantitative estimate of drug-likeness (QED) is 0.829. The van der Waals surface area contributed by atoms with Crippen LogP contribution >= 0.6 is 11.6 Å². The summed E-state index contributed by atoms with van der Waals surface area (Å²) in [5, 5.41) is 3.83. The van der Waals surface area contributed by atoms with Crippen molar-refractivity contribution in [3.8, 4) is 0 Å². The third kappa shape index (κ3) is 2.06. The number of hydrogen-bond acceptors (Lipinski definition) is 2. The number of nitrogens with zero attached hydrogens (tertiary/aromatic N) is 1. The van der Waals surface area contributed by atoms with Crippen molar-refractivity contribution in [3.05, 3.63) is 58.6 Å². The van der Waals surface area contributed by atoms with E-state index in [0.29, 0.717) is 5.15 Å². The van der Waals surface area contributed by atoms with Crippen LogP contribution < -0.4 is 5.32 Å². The maximum atomic E-state index is 13.1. The molecule has 0 fully saturated rings. The molecule has 0 saturated heterocycles. The summed E-state index contributed by atoms with van der Waals surface area (Å²) in [4.78, 5) is 4.03. The van der Waals surface area contributed by atoms with E-state index < -0.39 is 0 Å². The molecule has 0 spiro atoms. The number of halogens is 2. The third-order valence-corrected chi connectivity index (χ3v) is 3.57. The standard InChI is InChI=1S/C14H12ClFN2/c15-14-13(2-1-7-17-14)18-12-6-3-9-8-10(16)4-5-11(9)12/h1-2,4-5,7-8,12,18H,3,6H2. The molecule has 2 nitrogen and oxygen atoms in total. The Morgan fingerprint density at radius 1 is 1.33 bits per heavy atom. The van der Waals surface area contributed by atoms with Crippen LogP contribution in [-0.2, 0) is 6.42 Å². The molecule has 1 atom stereocenters. The highest BCUT2D eigenvalue weighted by atomic mass is 35.5. The number of benzene rings is 1. The van der Waals surface area contributed by atoms with Gasteiger partial charge in [-0.05, 0) is 48.2 Å². The van der Waals surface area contributed by atoms with Gasteiger partial charge >= 0.3 is 0 Å². The maximum Gasteiger partial charge on any atom is 0.152 e. The van der Waals surface area contributed by atoms with Crippen molar-refractivity contribution in [2.45, 2.75) is 18.9 Å². The highest BCUT2D eigenvalue weighted by Crippen LogP contribution is 2.35. The maximum absolute atomic E-state index is 13.1. The van der Waals surface area contributed by atoms with E-state index in [0.717, 1.165) is 29.7 Å². The Hall–Kier alpha value is -1.61. The summed E-state index contributed by atoms with van der Waals surface area (Å²) in [5.41, 5.74) is 3.05. The molecule has 1 aliphatic rings. The molecule has 1 aromatic heterocycles. The van der Waals surface area contributed by atoms with E-state index in [1.807, 2.05) is 18.2 Å². The second-order valence-electron chi connectivity index (χ2n) is 4.42. The van der Waals surface area contributed by atoms with Gasteiger partial charge in [-0.1, -0.05) is 17.7 Å². The van der Waals surface area contributed by atoms with Gasteiger partial charge in [0.1, 0.15) is 5.82 Å². The van der Waals surface area contributed by atoms with Crippen molar-refractivity contribution in [2.24, 2.45) is 0 Å². The van der Waals surface area contributed by atoms with Gasteiger partial charge < -0.3 is 5.32 Å². The molecule has 1 aliphatic carbocycles. The van der Waals surface area contributed by atoms with Crippen molar-refractivity contribution >= 4 is 17.3 Å². The third-order valence-electron chi connectivity index (χ3n) is 3.27. The minimum absolute atomic E-state index is 0.172. The van der Waals surface area contributed by atoms with Gasteiger partial charge in [-0.3, -0.25) is 0 Å². The van der Waals surface area contributed by atoms with Crippen LogP contribution in [0.2, 0.25) is 5.15 Å². The lowest BCUT2D eigenvalue weighted by Gasteiger charge is -2.16. The first-order valence-electron chi connectivity index (χ1n) is 5.89. The van der Waals surface area contributed by atoms with Crippen LogP contribution in [0.1, 0.15) is 23.6 Å². The Labute approximate surface area is 110 Å². The highest BCUT2D eigenvalue weighted by molar-refractivity contribution is 6.31. The van der Waals surface area contributed by atoms with Gasteiger partial charge in [0.05, 0.1) is 11.7 Å². The average Bonchev–Trinajstić information content (AvgIpc) is 2.74. The molecule has 2 aromatic rings. The lowest BCUT2D eigenvalue weighted by molar-refractivity contribution is 0.626. The van der Waals surface area contributed by atoms with Crippen LogP contribution in [0.4, 0.5) is 10.1 Å². The summed E-state index contributed by atoms with van der Waals surface area (Å²) in [5.74, 6) is -0.172. The number of nitrogens with one attached hydrogen (secondary N) is 1. The number of aryl methyl sites for hydroxylation is 1. The van der Waals surface area contributed by atoms with E-state index in [-0.39, 0.29) is 11.9 Å². The van der Waals surface area contributed by atoms with Crippen LogP contribution in [0, 0.1) is 5.82 Å². The topological polar surface area (TPSA) is 24.9 Å². The second-order valence-corrected chi connectivity index (χ2v) is 4.78. The monoisotopic (exact) mass is 262 g/mol. The summed E-state index contributed by atoms with van der Waals surface area (Å²) in [6, 6.07) is 8.89. The van der Waals surface area contributed by atoms with E-state index in [4.69, 9.17) is 11.6 Å². The average molecular weight is 263 g/mol. The molecule has 0 radical (unpaired) electrons. The van der Waals surface area contributed by atoms with Crippen LogP contribution in [0.3, 0.4) is 0 Å². The molecule has 18 heavy (non-hydrogen) atoms. The fraction of sp³-hybridized carbons (Fsp3) is 0.214. The first-order chi connectivity index (χ1) is 8.74. The van der Waals surface area contributed by atoms with Crippen LogP contribution in [0.25, 0.3) is 0 Å². The predicted molar refractivity (Wildman–Crippen MR) is 70.3 cm³/mol. The molecule has 4 heteroatoms. The van der Waals surface area contributed by atoms with Crippen molar-refractivity contribution in [3.63, 3.8) is 0 Å². The first-order valence-corrected chi connectivity index (χ1v) is 6.27. The zero-order valence-electron chi connectivity index (χ0n) is 9.66. The Morgan fingerprint density at radius 2 is 2.22 bits per heavy atom. The number of anilines is 1. The minimum atomic E-state index is -0.172. The van der Waals surface area contributed by atoms with E-state index in [2.05, 4.69) is 10.3 Å². The van der Waals surface area contributed by atoms with Gasteiger partial charge in [0.25, 0.3) is 0 Å². The first kappa shape index (κ1) is 11.5. The summed E-state index contributed by atoms with van der Waals surface area (Å²) in [6.07, 6.45) is 3.50. The normalized spacial score (nSPS) is 17.6. The SMILES string of the molecule is Fc1ccc2c(c1)CCC2Nc1cccnc1Cl. The van der Waals surface area contributed by atoms with E-state index in [9.17, 15) is 4.39 Å². The number of fused-ring (bicyclic) bond motifs is 1. The lowest BCUT2D eigenvalue weighted by Crippen LogP contribution is -2.07. The van der Waals surface area contributed by atoms with Crippen molar-refractivity contribution in [2.75, 3.05) is 5.32 Å². The van der Waals surface area contributed by atoms with Crippen LogP contribution in [0.5, 0.6) is 0 Å². The second kappa shape index (κ2) is 4.58. The Morgan fingerprint density at radius 3 is 3.06 bits per heavy atom. The van der Waals surface area contributed by atoms with Gasteiger partial charge in [0.15, 0.2) is 5.15 Å². The van der Waals surface area contributed by atoms with Gasteiger partial charge in [-0.15, -0.1) is 0 Å². The number of hydrogen-bond donors (Lipinski definition) is 1. The van der Waals surface area contributed by atoms with Gasteiger partial charge in [0, 0.05) is 6.20 Å². The largest absolute Gasteiger partial charge is 0.376 e. The number of pyridine rings is 1. The number of rotatable bonds is 2. The van der Waals surface area contributed by atoms with E-state index in [1.165, 1.54) is 6.07 Å². The smallest absolute Gasteiger partial charge is 0.152 e. The molecule has 1 heterocycles. The molecule has 0 saturated carbocycles. The summed E-state index contributed by atoms with van der Waals surface area (Å²) in [7, 11) is 0. The van der Waals surface area contributed by atoms with E-state index >= 15 is 0 Å². The molecular weight excluding hydrogens is 251 g/mol. The molecular formula is C14H12ClFN2. The Kier molecular flexibility index (Phi) is 2.92. The fourth-order valence-corrected chi connectivity index (χ4v) is 2.59. The molecule has 0 aliphatic heterocycles. The Bertz CT molecular complexity index is 586. The van der Waals surface area contributed by atoms with E-state index in [1.54, 1.807) is 12.3 Å². The van der Waals surface area contributed by atoms with Crippen LogP contribution in [-0.4, -0.2) is 4.98 Å². The Balaban J connectivity index is 1.87. The molecule has 1 aromatic carbocycles.